The summed E-state index contributed by atoms with van der Waals surface area (Å²) in [6.45, 7) is 7.27. The summed E-state index contributed by atoms with van der Waals surface area (Å²) in [6, 6.07) is 6.03. The maximum absolute atomic E-state index is 13.3. The van der Waals surface area contributed by atoms with Crippen molar-refractivity contribution in [2.24, 2.45) is 0 Å². The van der Waals surface area contributed by atoms with Crippen LogP contribution in [-0.4, -0.2) is 92.8 Å². The molecule has 44 heavy (non-hydrogen) atoms. The van der Waals surface area contributed by atoms with E-state index >= 15 is 0 Å². The Balaban J connectivity index is 0.942. The van der Waals surface area contributed by atoms with E-state index in [9.17, 15) is 14.0 Å². The number of dihydropyridines is 3. The van der Waals surface area contributed by atoms with E-state index in [-0.39, 0.29) is 12.1 Å². The van der Waals surface area contributed by atoms with Gasteiger partial charge in [-0.25, -0.2) is 14.8 Å². The van der Waals surface area contributed by atoms with Crippen LogP contribution in [0.4, 0.5) is 10.1 Å². The van der Waals surface area contributed by atoms with E-state index in [2.05, 4.69) is 42.6 Å². The smallest absolute Gasteiger partial charge is 0.277 e. The summed E-state index contributed by atoms with van der Waals surface area (Å²) in [5.74, 6) is 1.02. The number of hydrogen-bond acceptors (Lipinski definition) is 10. The van der Waals surface area contributed by atoms with Crippen molar-refractivity contribution in [2.45, 2.75) is 12.2 Å². The third-order valence-corrected chi connectivity index (χ3v) is 8.40. The van der Waals surface area contributed by atoms with Gasteiger partial charge in [0.15, 0.2) is 0 Å². The largest absolute Gasteiger partial charge is 0.455 e. The first-order valence-electron chi connectivity index (χ1n) is 14.9. The highest BCUT2D eigenvalue weighted by Crippen LogP contribution is 2.28. The predicted octanol–water partition coefficient (Wildman–Crippen LogP) is 0.265. The van der Waals surface area contributed by atoms with Crippen LogP contribution in [-0.2, 0) is 19.1 Å². The van der Waals surface area contributed by atoms with Gasteiger partial charge in [0.1, 0.15) is 34.9 Å². The zero-order valence-corrected chi connectivity index (χ0v) is 24.1. The first-order chi connectivity index (χ1) is 21.5. The minimum absolute atomic E-state index is 0.000553. The molecular weight excluding hydrogens is 567 g/mol. The molecular formula is C31H35FN8O4. The first-order valence-corrected chi connectivity index (χ1v) is 14.9. The number of halogens is 1. The molecule has 13 heteroatoms. The van der Waals surface area contributed by atoms with Gasteiger partial charge in [-0.05, 0) is 48.6 Å². The lowest BCUT2D eigenvalue weighted by atomic mass is 10.0. The van der Waals surface area contributed by atoms with Gasteiger partial charge in [0.2, 0.25) is 0 Å². The van der Waals surface area contributed by atoms with E-state index < -0.39 is 23.8 Å². The van der Waals surface area contributed by atoms with Crippen LogP contribution in [0.2, 0.25) is 0 Å². The molecule has 2 saturated heterocycles. The summed E-state index contributed by atoms with van der Waals surface area (Å²) in [5.41, 5.74) is 5.46. The number of carbonyl (C=O) groups is 2. The van der Waals surface area contributed by atoms with Gasteiger partial charge >= 0.3 is 0 Å². The lowest BCUT2D eigenvalue weighted by molar-refractivity contribution is -0.123. The molecule has 0 saturated carbocycles. The molecule has 230 valence electrons. The number of amides is 2. The molecule has 12 nitrogen and oxygen atoms in total. The van der Waals surface area contributed by atoms with Crippen LogP contribution in [0.5, 0.6) is 0 Å². The topological polar surface area (TPSA) is 122 Å². The fourth-order valence-corrected chi connectivity index (χ4v) is 5.84. The molecule has 2 amide bonds. The number of rotatable bonds is 7. The van der Waals surface area contributed by atoms with Crippen LogP contribution >= 0.6 is 0 Å². The summed E-state index contributed by atoms with van der Waals surface area (Å²) in [6.07, 6.45) is 10.4. The molecule has 6 aliphatic rings. The van der Waals surface area contributed by atoms with E-state index in [1.807, 2.05) is 6.08 Å². The zero-order chi connectivity index (χ0) is 30.0. The SMILES string of the molecule is O=C(NC1C=CC(OC2=CCNC3=C2C=C(N2CCN(C4COC4)CC2)NC3)=CN1)C1=CCNN(c2ccc(F)cc2)C1=O. The monoisotopic (exact) mass is 602 g/mol. The maximum Gasteiger partial charge on any atom is 0.277 e. The number of carbonyl (C=O) groups excluding carboxylic acids is 2. The molecule has 7 rings (SSSR count). The van der Waals surface area contributed by atoms with E-state index in [1.165, 1.54) is 35.4 Å². The van der Waals surface area contributed by atoms with Crippen molar-refractivity contribution in [3.63, 3.8) is 0 Å². The Morgan fingerprint density at radius 1 is 1.05 bits per heavy atom. The molecule has 0 radical (unpaired) electrons. The second kappa shape index (κ2) is 12.2. The van der Waals surface area contributed by atoms with E-state index in [0.29, 0.717) is 30.6 Å². The van der Waals surface area contributed by atoms with Gasteiger partial charge in [-0.15, -0.1) is 0 Å². The highest BCUT2D eigenvalue weighted by Gasteiger charge is 2.32. The van der Waals surface area contributed by atoms with E-state index in [4.69, 9.17) is 9.47 Å². The summed E-state index contributed by atoms with van der Waals surface area (Å²) in [4.78, 5) is 30.9. The normalized spacial score (nSPS) is 24.0. The van der Waals surface area contributed by atoms with Crippen LogP contribution in [0.3, 0.4) is 0 Å². The molecule has 0 aliphatic carbocycles. The van der Waals surface area contributed by atoms with Crippen molar-refractivity contribution in [3.8, 4) is 0 Å². The van der Waals surface area contributed by atoms with Crippen LogP contribution in [0.15, 0.2) is 95.0 Å². The lowest BCUT2D eigenvalue weighted by Crippen LogP contribution is -2.57. The predicted molar refractivity (Wildman–Crippen MR) is 160 cm³/mol. The van der Waals surface area contributed by atoms with Gasteiger partial charge in [0, 0.05) is 56.7 Å². The van der Waals surface area contributed by atoms with Gasteiger partial charge in [0.25, 0.3) is 11.8 Å². The van der Waals surface area contributed by atoms with Crippen LogP contribution in [0.25, 0.3) is 0 Å². The fraction of sp³-hybridized carbons (Fsp3) is 0.355. The minimum atomic E-state index is -0.537. The average molecular weight is 603 g/mol. The summed E-state index contributed by atoms with van der Waals surface area (Å²) < 4.78 is 25.0. The Hall–Kier alpha value is -4.59. The van der Waals surface area contributed by atoms with Crippen molar-refractivity contribution in [3.05, 3.63) is 101 Å². The van der Waals surface area contributed by atoms with Crippen LogP contribution in [0, 0.1) is 5.82 Å². The second-order valence-electron chi connectivity index (χ2n) is 11.2. The highest BCUT2D eigenvalue weighted by molar-refractivity contribution is 6.23. The van der Waals surface area contributed by atoms with Gasteiger partial charge in [-0.2, -0.15) is 0 Å². The highest BCUT2D eigenvalue weighted by atomic mass is 19.1. The third-order valence-electron chi connectivity index (χ3n) is 8.40. The Bertz CT molecular complexity index is 1500. The first kappa shape index (κ1) is 28.2. The van der Waals surface area contributed by atoms with E-state index in [1.54, 1.807) is 18.4 Å². The van der Waals surface area contributed by atoms with Crippen molar-refractivity contribution in [1.82, 2.24) is 36.5 Å². The molecule has 1 atom stereocenters. The van der Waals surface area contributed by atoms with Gasteiger partial charge in [-0.1, -0.05) is 6.08 Å². The average Bonchev–Trinajstić information content (AvgIpc) is 3.02. The number of benzene rings is 1. The third kappa shape index (κ3) is 5.81. The van der Waals surface area contributed by atoms with E-state index in [0.717, 1.165) is 62.2 Å². The Morgan fingerprint density at radius 2 is 1.86 bits per heavy atom. The van der Waals surface area contributed by atoms with Crippen molar-refractivity contribution in [1.29, 1.82) is 0 Å². The molecule has 5 N–H and O–H groups in total. The number of nitrogens with one attached hydrogen (secondary N) is 5. The van der Waals surface area contributed by atoms with Crippen molar-refractivity contribution < 1.29 is 23.5 Å². The van der Waals surface area contributed by atoms with Crippen molar-refractivity contribution >= 4 is 17.5 Å². The molecule has 0 bridgehead atoms. The Kier molecular flexibility index (Phi) is 7.81. The number of ether oxygens (including phenoxy) is 2. The number of hydrogen-bond donors (Lipinski definition) is 5. The van der Waals surface area contributed by atoms with Gasteiger partial charge < -0.3 is 35.6 Å². The Morgan fingerprint density at radius 3 is 2.59 bits per heavy atom. The lowest BCUT2D eigenvalue weighted by Gasteiger charge is -2.44. The molecule has 2 fully saturated rings. The molecule has 1 aromatic carbocycles. The van der Waals surface area contributed by atoms with Crippen molar-refractivity contribution in [2.75, 3.05) is 64.0 Å². The minimum Gasteiger partial charge on any atom is -0.455 e. The zero-order valence-electron chi connectivity index (χ0n) is 24.1. The summed E-state index contributed by atoms with van der Waals surface area (Å²) in [5, 5.41) is 14.2. The molecule has 6 aliphatic heterocycles. The molecule has 6 heterocycles. The van der Waals surface area contributed by atoms with Crippen LogP contribution < -0.4 is 31.7 Å². The Labute approximate surface area is 254 Å². The molecule has 1 aromatic rings. The molecule has 0 spiro atoms. The number of allylic oxidation sites excluding steroid dienone is 2. The van der Waals surface area contributed by atoms with Crippen LogP contribution in [0.1, 0.15) is 0 Å². The summed E-state index contributed by atoms with van der Waals surface area (Å²) in [7, 11) is 0. The van der Waals surface area contributed by atoms with Gasteiger partial charge in [-0.3, -0.25) is 14.5 Å². The number of piperazine rings is 1. The molecule has 0 aromatic heterocycles. The standard InChI is InChI=1S/C31H35FN8O4/c32-20-1-3-21(4-2-20)40-31(42)24(7-10-36-40)30(41)37-28-6-5-23(16-34-28)44-27-8-9-33-26-17-35-29(15-25(26)27)39-13-11-38(12-14-39)22-18-43-19-22/h1-8,15-16,22,28,33-36H,9-14,17-19H2,(H,37,41). The second-order valence-corrected chi connectivity index (χ2v) is 11.2. The quantitative estimate of drug-likeness (QED) is 0.278. The summed E-state index contributed by atoms with van der Waals surface area (Å²) >= 11 is 0. The fourth-order valence-electron chi connectivity index (χ4n) is 5.84. The molecule has 1 unspecified atom stereocenters. The number of nitrogens with zero attached hydrogens (tertiary/aromatic N) is 3. The van der Waals surface area contributed by atoms with Gasteiger partial charge in [0.05, 0.1) is 31.5 Å². The number of anilines is 1. The maximum atomic E-state index is 13.3. The number of hydrazine groups is 1.